The number of benzene rings is 1. The second kappa shape index (κ2) is 6.16. The Hall–Kier alpha value is -1.04. The fourth-order valence-electron chi connectivity index (χ4n) is 1.11. The van der Waals surface area contributed by atoms with Crippen molar-refractivity contribution in [3.63, 3.8) is 0 Å². The van der Waals surface area contributed by atoms with E-state index in [4.69, 9.17) is 28.6 Å². The molecule has 1 aromatic carbocycles. The molecule has 0 amide bonds. The molecule has 0 saturated carbocycles. The fourth-order valence-corrected chi connectivity index (χ4v) is 2.42. The predicted molar refractivity (Wildman–Crippen MR) is 84.7 cm³/mol. The molecule has 110 valence electrons. The zero-order valence-corrected chi connectivity index (χ0v) is 13.7. The Morgan fingerprint density at radius 2 is 1.85 bits per heavy atom. The van der Waals surface area contributed by atoms with Crippen molar-refractivity contribution < 1.29 is 8.42 Å². The topological polar surface area (TPSA) is 70.0 Å². The summed E-state index contributed by atoms with van der Waals surface area (Å²) in [6, 6.07) is 4.79. The van der Waals surface area contributed by atoms with E-state index >= 15 is 0 Å². The second-order valence-electron chi connectivity index (χ2n) is 5.25. The van der Waals surface area contributed by atoms with Crippen LogP contribution >= 0.6 is 23.2 Å². The van der Waals surface area contributed by atoms with Crippen molar-refractivity contribution in [1.82, 2.24) is 4.72 Å². The van der Waals surface area contributed by atoms with Gasteiger partial charge in [0.1, 0.15) is 5.84 Å². The SMILES string of the molecule is CC(C)(C)C(=N)NS(=O)(=O)C=Cc1ccc(Cl)c(Cl)c1. The Bertz CT molecular complexity index is 647. The van der Waals surface area contributed by atoms with E-state index in [0.717, 1.165) is 5.41 Å². The second-order valence-corrected chi connectivity index (χ2v) is 7.63. The number of halogens is 2. The first-order chi connectivity index (χ1) is 9.01. The summed E-state index contributed by atoms with van der Waals surface area (Å²) in [6.07, 6.45) is 1.39. The maximum Gasteiger partial charge on any atom is 0.255 e. The van der Waals surface area contributed by atoms with Crippen LogP contribution in [-0.4, -0.2) is 14.3 Å². The lowest BCUT2D eigenvalue weighted by Crippen LogP contribution is -2.37. The highest BCUT2D eigenvalue weighted by Gasteiger charge is 2.20. The lowest BCUT2D eigenvalue weighted by molar-refractivity contribution is 0.563. The predicted octanol–water partition coefficient (Wildman–Crippen LogP) is 3.91. The monoisotopic (exact) mass is 334 g/mol. The van der Waals surface area contributed by atoms with Crippen molar-refractivity contribution >= 4 is 45.1 Å². The molecule has 0 aliphatic heterocycles. The molecule has 0 aromatic heterocycles. The van der Waals surface area contributed by atoms with Gasteiger partial charge in [-0.2, -0.15) is 0 Å². The highest BCUT2D eigenvalue weighted by Crippen LogP contribution is 2.23. The van der Waals surface area contributed by atoms with Gasteiger partial charge < -0.3 is 0 Å². The van der Waals surface area contributed by atoms with Gasteiger partial charge in [0.2, 0.25) is 0 Å². The summed E-state index contributed by atoms with van der Waals surface area (Å²) in [5, 5.41) is 9.42. The Morgan fingerprint density at radius 1 is 1.25 bits per heavy atom. The van der Waals surface area contributed by atoms with Gasteiger partial charge in [-0.15, -0.1) is 0 Å². The van der Waals surface area contributed by atoms with Crippen LogP contribution < -0.4 is 4.72 Å². The van der Waals surface area contributed by atoms with Gasteiger partial charge in [0.05, 0.1) is 15.5 Å². The number of hydrogen-bond donors (Lipinski definition) is 2. The zero-order chi connectivity index (χ0) is 15.6. The van der Waals surface area contributed by atoms with Crippen LogP contribution in [-0.2, 0) is 10.0 Å². The molecule has 0 unspecified atom stereocenters. The summed E-state index contributed by atoms with van der Waals surface area (Å²) < 4.78 is 25.8. The standard InChI is InChI=1S/C13H16Cl2N2O2S/c1-13(2,3)12(16)17-20(18,19)7-6-9-4-5-10(14)11(15)8-9/h4-8H,1-3H3,(H2,16,17). The molecular formula is C13H16Cl2N2O2S. The van der Waals surface area contributed by atoms with Crippen LogP contribution in [0.4, 0.5) is 0 Å². The summed E-state index contributed by atoms with van der Waals surface area (Å²) in [6.45, 7) is 5.25. The van der Waals surface area contributed by atoms with Gasteiger partial charge in [0.25, 0.3) is 10.0 Å². The molecule has 0 bridgehead atoms. The first-order valence-electron chi connectivity index (χ1n) is 5.76. The molecule has 1 rings (SSSR count). The molecule has 0 aliphatic rings. The summed E-state index contributed by atoms with van der Waals surface area (Å²) in [5.74, 6) is -0.0729. The van der Waals surface area contributed by atoms with Crippen LogP contribution in [0.3, 0.4) is 0 Å². The van der Waals surface area contributed by atoms with Crippen LogP contribution in [0.25, 0.3) is 6.08 Å². The first-order valence-corrected chi connectivity index (χ1v) is 8.06. The average molecular weight is 335 g/mol. The van der Waals surface area contributed by atoms with Crippen LogP contribution in [0, 0.1) is 10.8 Å². The van der Waals surface area contributed by atoms with E-state index in [1.54, 1.807) is 39.0 Å². The largest absolute Gasteiger partial charge is 0.287 e. The van der Waals surface area contributed by atoms with E-state index in [1.807, 2.05) is 0 Å². The third-order valence-corrected chi connectivity index (χ3v) is 4.10. The molecule has 1 aromatic rings. The number of amidine groups is 1. The molecular weight excluding hydrogens is 319 g/mol. The fraction of sp³-hybridized carbons (Fsp3) is 0.308. The van der Waals surface area contributed by atoms with Crippen LogP contribution in [0.15, 0.2) is 23.6 Å². The van der Waals surface area contributed by atoms with Gasteiger partial charge in [-0.25, -0.2) is 8.42 Å². The van der Waals surface area contributed by atoms with Crippen LogP contribution in [0.1, 0.15) is 26.3 Å². The first kappa shape index (κ1) is 17.0. The Morgan fingerprint density at radius 3 is 2.35 bits per heavy atom. The van der Waals surface area contributed by atoms with E-state index in [9.17, 15) is 8.42 Å². The number of nitrogens with one attached hydrogen (secondary N) is 2. The average Bonchev–Trinajstić information content (AvgIpc) is 2.29. The van der Waals surface area contributed by atoms with Crippen molar-refractivity contribution in [2.75, 3.05) is 0 Å². The lowest BCUT2D eigenvalue weighted by atomic mass is 9.96. The Balaban J connectivity index is 2.88. The van der Waals surface area contributed by atoms with E-state index in [0.29, 0.717) is 15.6 Å². The van der Waals surface area contributed by atoms with E-state index in [1.165, 1.54) is 6.08 Å². The van der Waals surface area contributed by atoms with Crippen molar-refractivity contribution in [2.45, 2.75) is 20.8 Å². The van der Waals surface area contributed by atoms with Crippen molar-refractivity contribution in [3.8, 4) is 0 Å². The summed E-state index contributed by atoms with van der Waals surface area (Å²) in [7, 11) is -3.72. The third kappa shape index (κ3) is 5.15. The Kier molecular flexibility index (Phi) is 5.24. The summed E-state index contributed by atoms with van der Waals surface area (Å²) in [4.78, 5) is 0. The van der Waals surface area contributed by atoms with Crippen LogP contribution in [0.5, 0.6) is 0 Å². The molecule has 0 saturated heterocycles. The highest BCUT2D eigenvalue weighted by atomic mass is 35.5. The number of hydrogen-bond acceptors (Lipinski definition) is 3. The van der Waals surface area contributed by atoms with Crippen molar-refractivity contribution in [2.24, 2.45) is 5.41 Å². The van der Waals surface area contributed by atoms with Gasteiger partial charge in [-0.05, 0) is 23.8 Å². The molecule has 0 atom stereocenters. The molecule has 0 radical (unpaired) electrons. The summed E-state index contributed by atoms with van der Waals surface area (Å²) >= 11 is 11.6. The molecule has 4 nitrogen and oxygen atoms in total. The summed E-state index contributed by atoms with van der Waals surface area (Å²) in [5.41, 5.74) is 0.0388. The smallest absolute Gasteiger partial charge is 0.255 e. The lowest BCUT2D eigenvalue weighted by Gasteiger charge is -2.19. The minimum atomic E-state index is -3.72. The van der Waals surface area contributed by atoms with Gasteiger partial charge >= 0.3 is 0 Å². The maximum absolute atomic E-state index is 11.8. The van der Waals surface area contributed by atoms with Gasteiger partial charge in [0.15, 0.2) is 0 Å². The number of rotatable bonds is 3. The number of sulfonamides is 1. The minimum absolute atomic E-state index is 0.0729. The Labute approximate surface area is 129 Å². The van der Waals surface area contributed by atoms with Crippen molar-refractivity contribution in [3.05, 3.63) is 39.2 Å². The molecule has 0 spiro atoms. The maximum atomic E-state index is 11.8. The van der Waals surface area contributed by atoms with Gasteiger partial charge in [0, 0.05) is 5.41 Å². The highest BCUT2D eigenvalue weighted by molar-refractivity contribution is 7.93. The van der Waals surface area contributed by atoms with Gasteiger partial charge in [-0.3, -0.25) is 10.1 Å². The quantitative estimate of drug-likeness (QED) is 0.649. The molecule has 2 N–H and O–H groups in total. The normalized spacial score (nSPS) is 12.7. The molecule has 0 heterocycles. The molecule has 7 heteroatoms. The molecule has 20 heavy (non-hydrogen) atoms. The van der Waals surface area contributed by atoms with E-state index in [-0.39, 0.29) is 5.84 Å². The third-order valence-electron chi connectivity index (χ3n) is 2.38. The molecule has 0 aliphatic carbocycles. The van der Waals surface area contributed by atoms with E-state index in [2.05, 4.69) is 4.72 Å². The van der Waals surface area contributed by atoms with Crippen LogP contribution in [0.2, 0.25) is 10.0 Å². The minimum Gasteiger partial charge on any atom is -0.287 e. The zero-order valence-electron chi connectivity index (χ0n) is 11.4. The van der Waals surface area contributed by atoms with Gasteiger partial charge in [-0.1, -0.05) is 50.0 Å². The van der Waals surface area contributed by atoms with E-state index < -0.39 is 15.4 Å². The van der Waals surface area contributed by atoms with Crippen molar-refractivity contribution in [1.29, 1.82) is 5.41 Å². The molecule has 0 fully saturated rings.